The minimum Gasteiger partial charge on any atom is -0.198 e. The van der Waals surface area contributed by atoms with Gasteiger partial charge in [-0.1, -0.05) is 36.4 Å². The first-order chi connectivity index (χ1) is 11.6. The standard InChI is InChI=1S/C18H13F6N/c19-17(20,21)10-9-15(11-25)14-3-1-12(2-4-14)13-5-7-16(8-6-13)18(22,23)24/h1-8,15H,9-10H2/t15-/m1/s1. The molecule has 0 heterocycles. The van der Waals surface area contributed by atoms with Crippen molar-refractivity contribution in [3.05, 3.63) is 59.7 Å². The molecule has 1 nitrogen and oxygen atoms in total. The summed E-state index contributed by atoms with van der Waals surface area (Å²) in [6.07, 6.45) is -10.1. The molecule has 2 aromatic carbocycles. The van der Waals surface area contributed by atoms with Crippen LogP contribution >= 0.6 is 0 Å². The van der Waals surface area contributed by atoms with Gasteiger partial charge in [0.2, 0.25) is 0 Å². The van der Waals surface area contributed by atoms with Crippen molar-refractivity contribution in [1.29, 1.82) is 5.26 Å². The maximum absolute atomic E-state index is 12.5. The number of benzene rings is 2. The molecule has 25 heavy (non-hydrogen) atoms. The van der Waals surface area contributed by atoms with Gasteiger partial charge in [-0.2, -0.15) is 31.6 Å². The normalized spacial score (nSPS) is 13.3. The number of nitriles is 1. The maximum Gasteiger partial charge on any atom is 0.416 e. The zero-order valence-corrected chi connectivity index (χ0v) is 12.8. The van der Waals surface area contributed by atoms with Crippen molar-refractivity contribution >= 4 is 0 Å². The van der Waals surface area contributed by atoms with Crippen LogP contribution in [0.1, 0.15) is 29.9 Å². The molecular formula is C18H13F6N. The molecule has 7 heteroatoms. The predicted octanol–water partition coefficient (Wildman–Crippen LogP) is 6.32. The summed E-state index contributed by atoms with van der Waals surface area (Å²) in [5, 5.41) is 9.05. The number of nitrogens with zero attached hydrogens (tertiary/aromatic N) is 1. The van der Waals surface area contributed by atoms with Gasteiger partial charge < -0.3 is 0 Å². The van der Waals surface area contributed by atoms with E-state index in [4.69, 9.17) is 5.26 Å². The fourth-order valence-electron chi connectivity index (χ4n) is 2.37. The Hall–Kier alpha value is -2.49. The SMILES string of the molecule is N#C[C@@H](CCC(F)(F)F)c1ccc(-c2ccc(C(F)(F)F)cc2)cc1. The van der Waals surface area contributed by atoms with E-state index >= 15 is 0 Å². The highest BCUT2D eigenvalue weighted by Gasteiger charge is 2.30. The quantitative estimate of drug-likeness (QED) is 0.587. The van der Waals surface area contributed by atoms with Gasteiger partial charge in [0.05, 0.1) is 17.6 Å². The van der Waals surface area contributed by atoms with E-state index in [0.717, 1.165) is 12.1 Å². The highest BCUT2D eigenvalue weighted by atomic mass is 19.4. The minimum absolute atomic E-state index is 0.334. The molecule has 0 spiro atoms. The zero-order chi connectivity index (χ0) is 18.7. The van der Waals surface area contributed by atoms with Crippen molar-refractivity contribution in [3.8, 4) is 17.2 Å². The van der Waals surface area contributed by atoms with E-state index in [9.17, 15) is 26.3 Å². The Labute approximate surface area is 140 Å². The largest absolute Gasteiger partial charge is 0.416 e. The molecule has 0 fully saturated rings. The van der Waals surface area contributed by atoms with Crippen LogP contribution in [0.3, 0.4) is 0 Å². The predicted molar refractivity (Wildman–Crippen MR) is 80.5 cm³/mol. The van der Waals surface area contributed by atoms with Crippen LogP contribution in [0.25, 0.3) is 11.1 Å². The fourth-order valence-corrected chi connectivity index (χ4v) is 2.37. The average molecular weight is 357 g/mol. The minimum atomic E-state index is -4.42. The number of alkyl halides is 6. The van der Waals surface area contributed by atoms with Crippen LogP contribution in [-0.4, -0.2) is 6.18 Å². The second kappa shape index (κ2) is 7.18. The Morgan fingerprint density at radius 1 is 0.800 bits per heavy atom. The molecule has 2 rings (SSSR count). The Morgan fingerprint density at radius 2 is 1.28 bits per heavy atom. The van der Waals surface area contributed by atoms with Crippen LogP contribution in [-0.2, 0) is 6.18 Å². The molecule has 0 amide bonds. The molecule has 132 valence electrons. The third-order valence-corrected chi connectivity index (χ3v) is 3.73. The molecule has 0 saturated heterocycles. The molecule has 0 aliphatic carbocycles. The Bertz CT molecular complexity index is 736. The molecule has 1 atom stereocenters. The van der Waals surface area contributed by atoms with E-state index in [1.165, 1.54) is 24.3 Å². The van der Waals surface area contributed by atoms with E-state index in [0.29, 0.717) is 16.7 Å². The van der Waals surface area contributed by atoms with Gasteiger partial charge in [0, 0.05) is 6.42 Å². The monoisotopic (exact) mass is 357 g/mol. The van der Waals surface area contributed by atoms with E-state index < -0.39 is 30.3 Å². The average Bonchev–Trinajstić information content (AvgIpc) is 2.54. The summed E-state index contributed by atoms with van der Waals surface area (Å²) in [6.45, 7) is 0. The topological polar surface area (TPSA) is 23.8 Å². The lowest BCUT2D eigenvalue weighted by Gasteiger charge is -2.12. The summed E-state index contributed by atoms with van der Waals surface area (Å²) in [5.41, 5.74) is 0.848. The smallest absolute Gasteiger partial charge is 0.198 e. The fraction of sp³-hybridized carbons (Fsp3) is 0.278. The van der Waals surface area contributed by atoms with E-state index in [1.54, 1.807) is 12.1 Å². The molecular weight excluding hydrogens is 344 g/mol. The highest BCUT2D eigenvalue weighted by molar-refractivity contribution is 5.64. The molecule has 0 saturated carbocycles. The molecule has 0 aliphatic rings. The van der Waals surface area contributed by atoms with Crippen molar-refractivity contribution in [1.82, 2.24) is 0 Å². The molecule has 0 bridgehead atoms. The molecule has 2 aromatic rings. The lowest BCUT2D eigenvalue weighted by molar-refractivity contribution is -0.137. The van der Waals surface area contributed by atoms with E-state index in [2.05, 4.69) is 0 Å². The Morgan fingerprint density at radius 3 is 1.68 bits per heavy atom. The Balaban J connectivity index is 2.15. The summed E-state index contributed by atoms with van der Waals surface area (Å²) in [5.74, 6) is -0.886. The van der Waals surface area contributed by atoms with Crippen molar-refractivity contribution < 1.29 is 26.3 Å². The van der Waals surface area contributed by atoms with Crippen LogP contribution < -0.4 is 0 Å². The van der Waals surface area contributed by atoms with Gasteiger partial charge in [-0.15, -0.1) is 0 Å². The van der Waals surface area contributed by atoms with Crippen LogP contribution in [0, 0.1) is 11.3 Å². The van der Waals surface area contributed by atoms with Gasteiger partial charge in [-0.3, -0.25) is 0 Å². The number of hydrogen-bond acceptors (Lipinski definition) is 1. The van der Waals surface area contributed by atoms with Crippen LogP contribution in [0.5, 0.6) is 0 Å². The van der Waals surface area contributed by atoms with Gasteiger partial charge in [0.25, 0.3) is 0 Å². The van der Waals surface area contributed by atoms with Crippen LogP contribution in [0.15, 0.2) is 48.5 Å². The summed E-state index contributed by atoms with van der Waals surface area (Å²) in [6, 6.07) is 12.6. The first-order valence-electron chi connectivity index (χ1n) is 7.34. The number of halogens is 6. The van der Waals surface area contributed by atoms with E-state index in [-0.39, 0.29) is 6.42 Å². The van der Waals surface area contributed by atoms with Gasteiger partial charge in [0.15, 0.2) is 0 Å². The van der Waals surface area contributed by atoms with Gasteiger partial charge in [-0.25, -0.2) is 0 Å². The summed E-state index contributed by atoms with van der Waals surface area (Å²) >= 11 is 0. The first kappa shape index (κ1) is 18.8. The van der Waals surface area contributed by atoms with Gasteiger partial charge in [0.1, 0.15) is 0 Å². The molecule has 0 aliphatic heterocycles. The lowest BCUT2D eigenvalue weighted by Crippen LogP contribution is -2.09. The van der Waals surface area contributed by atoms with Crippen LogP contribution in [0.4, 0.5) is 26.3 Å². The molecule has 0 N–H and O–H groups in total. The second-order valence-corrected chi connectivity index (χ2v) is 5.53. The maximum atomic E-state index is 12.5. The molecule has 0 unspecified atom stereocenters. The van der Waals surface area contributed by atoms with Gasteiger partial charge >= 0.3 is 12.4 Å². The summed E-state index contributed by atoms with van der Waals surface area (Å²) in [4.78, 5) is 0. The van der Waals surface area contributed by atoms with Crippen LogP contribution in [0.2, 0.25) is 0 Å². The number of hydrogen-bond donors (Lipinski definition) is 0. The zero-order valence-electron chi connectivity index (χ0n) is 12.8. The second-order valence-electron chi connectivity index (χ2n) is 5.53. The van der Waals surface area contributed by atoms with Crippen molar-refractivity contribution in [2.75, 3.05) is 0 Å². The van der Waals surface area contributed by atoms with Gasteiger partial charge in [-0.05, 0) is 35.2 Å². The van der Waals surface area contributed by atoms with Crippen molar-refractivity contribution in [2.24, 2.45) is 0 Å². The van der Waals surface area contributed by atoms with Crippen molar-refractivity contribution in [3.63, 3.8) is 0 Å². The molecule has 0 radical (unpaired) electrons. The first-order valence-corrected chi connectivity index (χ1v) is 7.34. The molecule has 0 aromatic heterocycles. The third-order valence-electron chi connectivity index (χ3n) is 3.73. The third kappa shape index (κ3) is 5.24. The summed E-state index contributed by atoms with van der Waals surface area (Å²) < 4.78 is 74.5. The summed E-state index contributed by atoms with van der Waals surface area (Å²) in [7, 11) is 0. The van der Waals surface area contributed by atoms with E-state index in [1.807, 2.05) is 6.07 Å². The number of rotatable bonds is 4. The Kier molecular flexibility index (Phi) is 5.41. The highest BCUT2D eigenvalue weighted by Crippen LogP contribution is 2.32. The lowest BCUT2D eigenvalue weighted by atomic mass is 9.93. The van der Waals surface area contributed by atoms with Crippen molar-refractivity contribution in [2.45, 2.75) is 31.1 Å².